The number of benzene rings is 2. The number of hydrazone groups is 1. The standard InChI is InChI=1S/C17H19FN6O3/c1-11-2-4-12(5-3-11)10-26-24(16(19)20)22-17(21)23-27-15(25)13-6-8-14(18)9-7-13/h2-9H,10H2,1H3,(H3,19,20)(H3,21,22,23). The van der Waals surface area contributed by atoms with E-state index in [0.717, 1.165) is 23.3 Å². The molecular formula is C17H19FN6O3. The molecule has 2 rings (SSSR count). The Hall–Kier alpha value is -3.66. The molecule has 0 bridgehead atoms. The Morgan fingerprint density at radius 3 is 2.41 bits per heavy atom. The summed E-state index contributed by atoms with van der Waals surface area (Å²) in [6, 6.07) is 12.2. The molecule has 2 aromatic carbocycles. The first-order chi connectivity index (χ1) is 12.8. The third-order valence-electron chi connectivity index (χ3n) is 3.21. The van der Waals surface area contributed by atoms with Crippen LogP contribution in [0.4, 0.5) is 4.39 Å². The molecule has 0 fully saturated rings. The molecule has 142 valence electrons. The summed E-state index contributed by atoms with van der Waals surface area (Å²) in [5, 5.41) is 11.8. The summed E-state index contributed by atoms with van der Waals surface area (Å²) < 4.78 is 12.8. The Balaban J connectivity index is 1.91. The molecule has 0 saturated carbocycles. The first kappa shape index (κ1) is 19.7. The lowest BCUT2D eigenvalue weighted by molar-refractivity contribution is -0.113. The van der Waals surface area contributed by atoms with Crippen molar-refractivity contribution in [2.24, 2.45) is 16.6 Å². The highest BCUT2D eigenvalue weighted by atomic mass is 19.1. The zero-order chi connectivity index (χ0) is 19.8. The van der Waals surface area contributed by atoms with Crippen molar-refractivity contribution in [3.05, 3.63) is 71.0 Å². The van der Waals surface area contributed by atoms with Crippen molar-refractivity contribution in [1.82, 2.24) is 10.7 Å². The summed E-state index contributed by atoms with van der Waals surface area (Å²) in [6.45, 7) is 2.04. The van der Waals surface area contributed by atoms with Crippen LogP contribution < -0.4 is 16.9 Å². The van der Waals surface area contributed by atoms with Gasteiger partial charge >= 0.3 is 5.97 Å². The highest BCUT2D eigenvalue weighted by Crippen LogP contribution is 2.06. The average Bonchev–Trinajstić information content (AvgIpc) is 2.64. The van der Waals surface area contributed by atoms with E-state index in [4.69, 9.17) is 26.6 Å². The molecule has 10 heteroatoms. The van der Waals surface area contributed by atoms with Crippen molar-refractivity contribution in [3.8, 4) is 0 Å². The maximum absolute atomic E-state index is 12.8. The molecule has 0 aliphatic carbocycles. The Morgan fingerprint density at radius 2 is 1.81 bits per heavy atom. The summed E-state index contributed by atoms with van der Waals surface area (Å²) in [5.41, 5.74) is 15.1. The fraction of sp³-hybridized carbons (Fsp3) is 0.118. The monoisotopic (exact) mass is 374 g/mol. The maximum Gasteiger partial charge on any atom is 0.362 e. The highest BCUT2D eigenvalue weighted by molar-refractivity contribution is 5.90. The lowest BCUT2D eigenvalue weighted by Crippen LogP contribution is -2.40. The van der Waals surface area contributed by atoms with Gasteiger partial charge in [-0.3, -0.25) is 5.41 Å². The normalized spacial score (nSPS) is 11.0. The molecule has 0 saturated heterocycles. The van der Waals surface area contributed by atoms with E-state index in [2.05, 4.69) is 10.6 Å². The van der Waals surface area contributed by atoms with Crippen molar-refractivity contribution >= 4 is 17.9 Å². The summed E-state index contributed by atoms with van der Waals surface area (Å²) >= 11 is 0. The quantitative estimate of drug-likeness (QED) is 0.352. The van der Waals surface area contributed by atoms with Gasteiger partial charge in [-0.2, -0.15) is 5.48 Å². The van der Waals surface area contributed by atoms with Gasteiger partial charge < -0.3 is 16.3 Å². The van der Waals surface area contributed by atoms with E-state index in [9.17, 15) is 9.18 Å². The maximum atomic E-state index is 12.8. The number of nitrogens with one attached hydrogen (secondary N) is 2. The number of aryl methyl sites for hydroxylation is 1. The van der Waals surface area contributed by atoms with Crippen molar-refractivity contribution in [2.45, 2.75) is 13.5 Å². The molecule has 2 aromatic rings. The van der Waals surface area contributed by atoms with Gasteiger partial charge in [-0.15, -0.1) is 5.10 Å². The second-order valence-electron chi connectivity index (χ2n) is 5.40. The topological polar surface area (TPSA) is 139 Å². The van der Waals surface area contributed by atoms with E-state index in [1.165, 1.54) is 12.1 Å². The molecule has 0 atom stereocenters. The van der Waals surface area contributed by atoms with Crippen LogP contribution in [0, 0.1) is 18.2 Å². The molecule has 0 spiro atoms. The first-order valence-corrected chi connectivity index (χ1v) is 7.74. The molecule has 0 heterocycles. The van der Waals surface area contributed by atoms with Crippen LogP contribution in [0.3, 0.4) is 0 Å². The summed E-state index contributed by atoms with van der Waals surface area (Å²) in [6.07, 6.45) is 0. The molecule has 9 nitrogen and oxygen atoms in total. The lowest BCUT2D eigenvalue weighted by atomic mass is 10.2. The van der Waals surface area contributed by atoms with E-state index < -0.39 is 17.7 Å². The molecule has 0 aliphatic rings. The van der Waals surface area contributed by atoms with E-state index in [1.54, 1.807) is 0 Å². The van der Waals surface area contributed by atoms with Crippen molar-refractivity contribution < 1.29 is 18.9 Å². The number of guanidine groups is 2. The molecule has 0 aliphatic heterocycles. The van der Waals surface area contributed by atoms with E-state index >= 15 is 0 Å². The van der Waals surface area contributed by atoms with Gasteiger partial charge in [0.05, 0.1) is 5.56 Å². The van der Waals surface area contributed by atoms with Gasteiger partial charge in [-0.25, -0.2) is 14.0 Å². The molecule has 0 amide bonds. The van der Waals surface area contributed by atoms with Crippen LogP contribution in [0.2, 0.25) is 0 Å². The number of hydrogen-bond acceptors (Lipinski definition) is 5. The Kier molecular flexibility index (Phi) is 6.67. The van der Waals surface area contributed by atoms with Gasteiger partial charge in [-0.05, 0) is 36.8 Å². The minimum atomic E-state index is -0.803. The molecule has 6 N–H and O–H groups in total. The number of hydroxylamine groups is 2. The largest absolute Gasteiger partial charge is 0.367 e. The van der Waals surface area contributed by atoms with Gasteiger partial charge in [0.25, 0.3) is 0 Å². The average molecular weight is 374 g/mol. The molecule has 27 heavy (non-hydrogen) atoms. The minimum absolute atomic E-state index is 0.0893. The highest BCUT2D eigenvalue weighted by Gasteiger charge is 2.11. The second-order valence-corrected chi connectivity index (χ2v) is 5.40. The number of halogens is 1. The first-order valence-electron chi connectivity index (χ1n) is 7.74. The fourth-order valence-electron chi connectivity index (χ4n) is 1.83. The van der Waals surface area contributed by atoms with Gasteiger partial charge in [0, 0.05) is 0 Å². The smallest absolute Gasteiger partial charge is 0.362 e. The zero-order valence-electron chi connectivity index (χ0n) is 14.5. The fourth-order valence-corrected chi connectivity index (χ4v) is 1.83. The number of nitrogens with two attached hydrogens (primary N) is 2. The summed E-state index contributed by atoms with van der Waals surface area (Å²) in [4.78, 5) is 21.8. The Bertz CT molecular complexity index is 824. The van der Waals surface area contributed by atoms with Crippen LogP contribution in [-0.2, 0) is 16.3 Å². The molecule has 0 radical (unpaired) electrons. The molecule has 0 unspecified atom stereocenters. The van der Waals surface area contributed by atoms with Crippen LogP contribution in [0.25, 0.3) is 0 Å². The minimum Gasteiger partial charge on any atom is -0.367 e. The van der Waals surface area contributed by atoms with Crippen molar-refractivity contribution in [3.63, 3.8) is 0 Å². The predicted octanol–water partition coefficient (Wildman–Crippen LogP) is 1.35. The Labute approximate surface area is 154 Å². The predicted molar refractivity (Wildman–Crippen MR) is 96.3 cm³/mol. The van der Waals surface area contributed by atoms with Gasteiger partial charge in [0.15, 0.2) is 0 Å². The van der Waals surface area contributed by atoms with Gasteiger partial charge in [0.1, 0.15) is 12.4 Å². The molecule has 0 aromatic heterocycles. The number of rotatable bonds is 5. The van der Waals surface area contributed by atoms with Crippen LogP contribution in [0.5, 0.6) is 0 Å². The van der Waals surface area contributed by atoms with E-state index in [1.807, 2.05) is 31.2 Å². The van der Waals surface area contributed by atoms with Gasteiger partial charge in [-0.1, -0.05) is 35.0 Å². The number of hydrogen-bond donors (Lipinski definition) is 4. The summed E-state index contributed by atoms with van der Waals surface area (Å²) in [5.74, 6) is -2.20. The number of nitrogens with zero attached hydrogens (tertiary/aromatic N) is 2. The van der Waals surface area contributed by atoms with Gasteiger partial charge in [0.2, 0.25) is 11.9 Å². The van der Waals surface area contributed by atoms with Crippen LogP contribution in [0.15, 0.2) is 53.6 Å². The van der Waals surface area contributed by atoms with E-state index in [-0.39, 0.29) is 18.1 Å². The Morgan fingerprint density at radius 1 is 1.19 bits per heavy atom. The SMILES string of the molecule is Cc1ccc(CON(N=C(N)NOC(=O)c2ccc(F)cc2)C(=N)N)cc1. The van der Waals surface area contributed by atoms with Crippen molar-refractivity contribution in [1.29, 1.82) is 5.41 Å². The third kappa shape index (κ3) is 6.29. The third-order valence-corrected chi connectivity index (χ3v) is 3.21. The van der Waals surface area contributed by atoms with Crippen LogP contribution >= 0.6 is 0 Å². The number of carbonyl (C=O) groups excluding carboxylic acids is 1. The zero-order valence-corrected chi connectivity index (χ0v) is 14.5. The molecular weight excluding hydrogens is 355 g/mol. The van der Waals surface area contributed by atoms with E-state index in [0.29, 0.717) is 5.17 Å². The second kappa shape index (κ2) is 9.15. The van der Waals surface area contributed by atoms with Crippen LogP contribution in [-0.4, -0.2) is 23.1 Å². The lowest BCUT2D eigenvalue weighted by Gasteiger charge is -2.17. The van der Waals surface area contributed by atoms with Crippen molar-refractivity contribution in [2.75, 3.05) is 0 Å². The van der Waals surface area contributed by atoms with Crippen LogP contribution in [0.1, 0.15) is 21.5 Å². The summed E-state index contributed by atoms with van der Waals surface area (Å²) in [7, 11) is 0. The number of carbonyl (C=O) groups is 1.